The van der Waals surface area contributed by atoms with E-state index in [-0.39, 0.29) is 23.2 Å². The van der Waals surface area contributed by atoms with Crippen molar-refractivity contribution < 1.29 is 15.0 Å². The molecule has 0 aliphatic rings. The molecule has 0 aromatic heterocycles. The Bertz CT molecular complexity index is 569. The zero-order valence-electron chi connectivity index (χ0n) is 10.0. The molecule has 0 saturated carbocycles. The molecule has 2 rings (SSSR count). The highest BCUT2D eigenvalue weighted by atomic mass is 32.2. The molecule has 19 heavy (non-hydrogen) atoms. The molecular formula is C14H13NO3S. The molecule has 0 heterocycles. The molecule has 0 unspecified atom stereocenters. The molecule has 0 atom stereocenters. The third-order valence-corrected chi connectivity index (χ3v) is 3.44. The van der Waals surface area contributed by atoms with E-state index in [1.807, 2.05) is 0 Å². The predicted molar refractivity (Wildman–Crippen MR) is 75.6 cm³/mol. The van der Waals surface area contributed by atoms with Gasteiger partial charge in [0.15, 0.2) is 0 Å². The van der Waals surface area contributed by atoms with Crippen molar-refractivity contribution in [3.05, 3.63) is 48.5 Å². The largest absolute Gasteiger partial charge is 0.508 e. The monoisotopic (exact) mass is 275 g/mol. The van der Waals surface area contributed by atoms with Crippen LogP contribution in [-0.4, -0.2) is 21.9 Å². The molecule has 98 valence electrons. The van der Waals surface area contributed by atoms with Gasteiger partial charge in [0.1, 0.15) is 11.5 Å². The van der Waals surface area contributed by atoms with E-state index >= 15 is 0 Å². The second-order valence-corrected chi connectivity index (χ2v) is 4.87. The number of para-hydroxylation sites is 1. The van der Waals surface area contributed by atoms with Gasteiger partial charge in [0.2, 0.25) is 5.91 Å². The topological polar surface area (TPSA) is 69.6 Å². The number of hydrogen-bond donors (Lipinski definition) is 3. The summed E-state index contributed by atoms with van der Waals surface area (Å²) in [5.74, 6) is 0.365. The van der Waals surface area contributed by atoms with Crippen molar-refractivity contribution in [3.63, 3.8) is 0 Å². The van der Waals surface area contributed by atoms with Crippen molar-refractivity contribution >= 4 is 23.4 Å². The zero-order chi connectivity index (χ0) is 13.7. The number of benzene rings is 2. The summed E-state index contributed by atoms with van der Waals surface area (Å²) in [6.45, 7) is 0. The van der Waals surface area contributed by atoms with Crippen LogP contribution in [0.25, 0.3) is 0 Å². The minimum atomic E-state index is -0.168. The van der Waals surface area contributed by atoms with Crippen LogP contribution in [0.4, 0.5) is 5.69 Å². The molecule has 2 aromatic rings. The van der Waals surface area contributed by atoms with Gasteiger partial charge in [-0.25, -0.2) is 0 Å². The maximum Gasteiger partial charge on any atom is 0.234 e. The van der Waals surface area contributed by atoms with Gasteiger partial charge >= 0.3 is 0 Å². The molecule has 3 N–H and O–H groups in total. The van der Waals surface area contributed by atoms with Crippen LogP contribution in [0.5, 0.6) is 11.5 Å². The number of amides is 1. The van der Waals surface area contributed by atoms with E-state index in [2.05, 4.69) is 5.32 Å². The van der Waals surface area contributed by atoms with Gasteiger partial charge in [-0.05, 0) is 36.4 Å². The summed E-state index contributed by atoms with van der Waals surface area (Å²) >= 11 is 1.27. The van der Waals surface area contributed by atoms with Gasteiger partial charge in [-0.2, -0.15) is 0 Å². The maximum atomic E-state index is 11.7. The number of aromatic hydroxyl groups is 2. The van der Waals surface area contributed by atoms with Gasteiger partial charge in [-0.15, -0.1) is 11.8 Å². The van der Waals surface area contributed by atoms with Gasteiger partial charge < -0.3 is 15.5 Å². The van der Waals surface area contributed by atoms with E-state index in [0.29, 0.717) is 10.6 Å². The molecule has 0 radical (unpaired) electrons. The Hall–Kier alpha value is -2.14. The zero-order valence-corrected chi connectivity index (χ0v) is 10.9. The number of phenolic OH excluding ortho intramolecular Hbond substituents is 2. The average Bonchev–Trinajstić information content (AvgIpc) is 2.40. The van der Waals surface area contributed by atoms with Crippen molar-refractivity contribution in [2.24, 2.45) is 0 Å². The second kappa shape index (κ2) is 6.15. The molecule has 0 fully saturated rings. The normalized spacial score (nSPS) is 10.1. The second-order valence-electron chi connectivity index (χ2n) is 3.85. The van der Waals surface area contributed by atoms with Crippen LogP contribution in [0.1, 0.15) is 0 Å². The summed E-state index contributed by atoms with van der Waals surface area (Å²) < 4.78 is 0. The maximum absolute atomic E-state index is 11.7. The summed E-state index contributed by atoms with van der Waals surface area (Å²) in [6, 6.07) is 13.1. The van der Waals surface area contributed by atoms with E-state index in [4.69, 9.17) is 5.11 Å². The van der Waals surface area contributed by atoms with E-state index in [9.17, 15) is 9.90 Å². The lowest BCUT2D eigenvalue weighted by molar-refractivity contribution is -0.113. The third-order valence-electron chi connectivity index (χ3n) is 2.38. The van der Waals surface area contributed by atoms with Crippen LogP contribution >= 0.6 is 11.8 Å². The van der Waals surface area contributed by atoms with E-state index in [1.54, 1.807) is 36.4 Å². The fourth-order valence-electron chi connectivity index (χ4n) is 1.46. The molecule has 0 aliphatic heterocycles. The number of hydrogen-bond acceptors (Lipinski definition) is 4. The molecule has 4 nitrogen and oxygen atoms in total. The fourth-order valence-corrected chi connectivity index (χ4v) is 2.21. The molecule has 0 aliphatic carbocycles. The number of anilines is 1. The number of rotatable bonds is 4. The quantitative estimate of drug-likeness (QED) is 0.593. The summed E-state index contributed by atoms with van der Waals surface area (Å²) in [6.07, 6.45) is 0. The van der Waals surface area contributed by atoms with Crippen LogP contribution in [-0.2, 0) is 4.79 Å². The highest BCUT2D eigenvalue weighted by Crippen LogP contribution is 2.27. The van der Waals surface area contributed by atoms with Gasteiger partial charge in [0.25, 0.3) is 0 Å². The molecule has 0 spiro atoms. The summed E-state index contributed by atoms with van der Waals surface area (Å²) in [5, 5.41) is 21.4. The Labute approximate surface area is 115 Å². The molecule has 0 saturated heterocycles. The minimum absolute atomic E-state index is 0.154. The lowest BCUT2D eigenvalue weighted by Gasteiger charge is -2.06. The lowest BCUT2D eigenvalue weighted by Crippen LogP contribution is -2.13. The van der Waals surface area contributed by atoms with Gasteiger partial charge in [-0.1, -0.05) is 12.1 Å². The molecule has 1 amide bonds. The average molecular weight is 275 g/mol. The first-order valence-corrected chi connectivity index (χ1v) is 6.63. The predicted octanol–water partition coefficient (Wildman–Crippen LogP) is 2.83. The number of thioether (sulfide) groups is 1. The van der Waals surface area contributed by atoms with Gasteiger partial charge in [0.05, 0.1) is 5.75 Å². The lowest BCUT2D eigenvalue weighted by atomic mass is 10.3. The number of carbonyl (C=O) groups excluding carboxylic acids is 1. The van der Waals surface area contributed by atoms with Crippen molar-refractivity contribution in [2.75, 3.05) is 11.1 Å². The number of phenols is 2. The van der Waals surface area contributed by atoms with Gasteiger partial charge in [-0.3, -0.25) is 4.79 Å². The minimum Gasteiger partial charge on any atom is -0.508 e. The van der Waals surface area contributed by atoms with Crippen LogP contribution in [0, 0.1) is 0 Å². The first-order valence-electron chi connectivity index (χ1n) is 5.65. The van der Waals surface area contributed by atoms with Crippen molar-refractivity contribution in [2.45, 2.75) is 4.90 Å². The Morgan fingerprint density at radius 2 is 1.74 bits per heavy atom. The third kappa shape index (κ3) is 3.93. The van der Waals surface area contributed by atoms with Crippen LogP contribution in [0.2, 0.25) is 0 Å². The first-order chi connectivity index (χ1) is 9.15. The Balaban J connectivity index is 1.88. The van der Waals surface area contributed by atoms with Crippen molar-refractivity contribution in [1.29, 1.82) is 0 Å². The highest BCUT2D eigenvalue weighted by Gasteiger charge is 2.06. The Morgan fingerprint density at radius 3 is 2.42 bits per heavy atom. The highest BCUT2D eigenvalue weighted by molar-refractivity contribution is 8.00. The van der Waals surface area contributed by atoms with Crippen LogP contribution < -0.4 is 5.32 Å². The summed E-state index contributed by atoms with van der Waals surface area (Å²) in [4.78, 5) is 12.4. The fraction of sp³-hybridized carbons (Fsp3) is 0.0714. The van der Waals surface area contributed by atoms with Crippen molar-refractivity contribution in [1.82, 2.24) is 0 Å². The van der Waals surface area contributed by atoms with E-state index in [0.717, 1.165) is 0 Å². The summed E-state index contributed by atoms with van der Waals surface area (Å²) in [7, 11) is 0. The molecule has 2 aromatic carbocycles. The SMILES string of the molecule is O=C(CSc1ccccc1O)Nc1ccc(O)cc1. The smallest absolute Gasteiger partial charge is 0.234 e. The first kappa shape index (κ1) is 13.3. The molecule has 5 heteroatoms. The van der Waals surface area contributed by atoms with Crippen LogP contribution in [0.15, 0.2) is 53.4 Å². The van der Waals surface area contributed by atoms with E-state index in [1.165, 1.54) is 23.9 Å². The molecule has 0 bridgehead atoms. The van der Waals surface area contributed by atoms with Crippen LogP contribution in [0.3, 0.4) is 0 Å². The van der Waals surface area contributed by atoms with Crippen molar-refractivity contribution in [3.8, 4) is 11.5 Å². The van der Waals surface area contributed by atoms with Gasteiger partial charge in [0, 0.05) is 10.6 Å². The number of carbonyl (C=O) groups is 1. The number of nitrogens with one attached hydrogen (secondary N) is 1. The van der Waals surface area contributed by atoms with E-state index < -0.39 is 0 Å². The summed E-state index contributed by atoms with van der Waals surface area (Å²) in [5.41, 5.74) is 0.626. The Morgan fingerprint density at radius 1 is 1.05 bits per heavy atom. The molecular weight excluding hydrogens is 262 g/mol. The Kier molecular flexibility index (Phi) is 4.30. The standard InChI is InChI=1S/C14H13NO3S/c16-11-7-5-10(6-8-11)15-14(18)9-19-13-4-2-1-3-12(13)17/h1-8,16-17H,9H2,(H,15,18).